The van der Waals surface area contributed by atoms with E-state index < -0.39 is 0 Å². The molecule has 1 unspecified atom stereocenters. The van der Waals surface area contributed by atoms with Crippen LogP contribution in [0.15, 0.2) is 60.0 Å². The fourth-order valence-corrected chi connectivity index (χ4v) is 4.50. The highest BCUT2D eigenvalue weighted by molar-refractivity contribution is 7.12. The number of thiophene rings is 1. The van der Waals surface area contributed by atoms with Crippen LogP contribution in [0.3, 0.4) is 0 Å². The zero-order valence-electron chi connectivity index (χ0n) is 17.5. The van der Waals surface area contributed by atoms with Crippen molar-refractivity contribution in [3.63, 3.8) is 0 Å². The van der Waals surface area contributed by atoms with Crippen LogP contribution in [0.4, 0.5) is 5.69 Å². The number of nitrogens with one attached hydrogen (secondary N) is 1. The molecule has 0 radical (unpaired) electrons. The van der Waals surface area contributed by atoms with E-state index in [4.69, 9.17) is 9.47 Å². The fourth-order valence-electron chi connectivity index (χ4n) is 3.88. The predicted molar refractivity (Wildman–Crippen MR) is 121 cm³/mol. The normalized spacial score (nSPS) is 15.5. The summed E-state index contributed by atoms with van der Waals surface area (Å²) in [5.41, 5.74) is 2.29. The van der Waals surface area contributed by atoms with Crippen LogP contribution >= 0.6 is 11.3 Å². The van der Waals surface area contributed by atoms with Gasteiger partial charge in [0.05, 0.1) is 25.1 Å². The van der Waals surface area contributed by atoms with E-state index in [0.717, 1.165) is 18.4 Å². The van der Waals surface area contributed by atoms with Crippen LogP contribution in [0.5, 0.6) is 11.5 Å². The van der Waals surface area contributed by atoms with E-state index in [1.165, 1.54) is 11.3 Å². The molecule has 1 aliphatic heterocycles. The summed E-state index contributed by atoms with van der Waals surface area (Å²) in [5.74, 6) is 1.16. The van der Waals surface area contributed by atoms with Crippen LogP contribution in [0.2, 0.25) is 0 Å². The largest absolute Gasteiger partial charge is 0.493 e. The number of hydrogen-bond donors (Lipinski definition) is 1. The van der Waals surface area contributed by atoms with Gasteiger partial charge in [-0.2, -0.15) is 0 Å². The van der Waals surface area contributed by atoms with E-state index in [2.05, 4.69) is 5.32 Å². The van der Waals surface area contributed by atoms with Gasteiger partial charge in [-0.3, -0.25) is 9.59 Å². The SMILES string of the molecule is COc1ccc(C2CCCN2C(=O)c2ccc(NC(=O)c3cccs3)cc2)cc1OC. The number of benzene rings is 2. The lowest BCUT2D eigenvalue weighted by molar-refractivity contribution is 0.0735. The molecule has 0 aliphatic carbocycles. The summed E-state index contributed by atoms with van der Waals surface area (Å²) in [5, 5.41) is 4.72. The van der Waals surface area contributed by atoms with Crippen molar-refractivity contribution < 1.29 is 19.1 Å². The van der Waals surface area contributed by atoms with Crippen LogP contribution in [-0.2, 0) is 0 Å². The third kappa shape index (κ3) is 4.41. The van der Waals surface area contributed by atoms with Gasteiger partial charge < -0.3 is 19.7 Å². The van der Waals surface area contributed by atoms with Gasteiger partial charge in [0, 0.05) is 17.8 Å². The summed E-state index contributed by atoms with van der Waals surface area (Å²) >= 11 is 1.39. The number of hydrogen-bond acceptors (Lipinski definition) is 5. The number of carbonyl (C=O) groups is 2. The number of carbonyl (C=O) groups excluding carboxylic acids is 2. The number of nitrogens with zero attached hydrogens (tertiary/aromatic N) is 1. The number of amides is 2. The highest BCUT2D eigenvalue weighted by atomic mass is 32.1. The molecule has 31 heavy (non-hydrogen) atoms. The van der Waals surface area contributed by atoms with Crippen molar-refractivity contribution >= 4 is 28.8 Å². The molecular formula is C24H24N2O4S. The molecular weight excluding hydrogens is 412 g/mol. The molecule has 2 heterocycles. The third-order valence-corrected chi connectivity index (χ3v) is 6.31. The quantitative estimate of drug-likeness (QED) is 0.591. The first-order valence-corrected chi connectivity index (χ1v) is 11.0. The lowest BCUT2D eigenvalue weighted by Gasteiger charge is -2.26. The first-order valence-electron chi connectivity index (χ1n) is 10.1. The van der Waals surface area contributed by atoms with Crippen molar-refractivity contribution in [2.24, 2.45) is 0 Å². The molecule has 1 saturated heterocycles. The average Bonchev–Trinajstić information content (AvgIpc) is 3.51. The van der Waals surface area contributed by atoms with Crippen molar-refractivity contribution in [3.05, 3.63) is 76.0 Å². The maximum Gasteiger partial charge on any atom is 0.265 e. The molecule has 4 rings (SSSR count). The molecule has 1 aliphatic rings. The first-order chi connectivity index (χ1) is 15.1. The zero-order chi connectivity index (χ0) is 21.8. The Bertz CT molecular complexity index is 1060. The zero-order valence-corrected chi connectivity index (χ0v) is 18.3. The van der Waals surface area contributed by atoms with Gasteiger partial charge in [0.25, 0.3) is 11.8 Å². The molecule has 1 N–H and O–H groups in total. The molecule has 1 atom stereocenters. The molecule has 1 aromatic heterocycles. The van der Waals surface area contributed by atoms with Gasteiger partial charge in [-0.15, -0.1) is 11.3 Å². The smallest absolute Gasteiger partial charge is 0.265 e. The summed E-state index contributed by atoms with van der Waals surface area (Å²) in [6, 6.07) is 16.5. The standard InChI is InChI=1S/C24H24N2O4S/c1-29-20-12-9-17(15-21(20)30-2)19-5-3-13-26(19)24(28)16-7-10-18(11-8-16)25-23(27)22-6-4-14-31-22/h4,6-12,14-15,19H,3,5,13H2,1-2H3,(H,25,27). The lowest BCUT2D eigenvalue weighted by Crippen LogP contribution is -2.30. The van der Waals surface area contributed by atoms with Crippen molar-refractivity contribution in [1.29, 1.82) is 0 Å². The highest BCUT2D eigenvalue weighted by Crippen LogP contribution is 2.37. The second-order valence-electron chi connectivity index (χ2n) is 7.28. The Labute approximate surface area is 185 Å². The van der Waals surface area contributed by atoms with Gasteiger partial charge >= 0.3 is 0 Å². The van der Waals surface area contributed by atoms with E-state index in [1.807, 2.05) is 34.5 Å². The molecule has 7 heteroatoms. The predicted octanol–water partition coefficient (Wildman–Crippen LogP) is 4.99. The molecule has 2 aromatic carbocycles. The van der Waals surface area contributed by atoms with Gasteiger partial charge in [-0.1, -0.05) is 12.1 Å². The maximum atomic E-state index is 13.2. The minimum absolute atomic E-state index is 0.00878. The van der Waals surface area contributed by atoms with E-state index in [9.17, 15) is 9.59 Å². The number of anilines is 1. The summed E-state index contributed by atoms with van der Waals surface area (Å²) in [6.07, 6.45) is 1.84. The molecule has 0 saturated carbocycles. The Morgan fingerprint density at radius 2 is 1.81 bits per heavy atom. The second-order valence-corrected chi connectivity index (χ2v) is 8.23. The summed E-state index contributed by atoms with van der Waals surface area (Å²) < 4.78 is 10.8. The Hall–Kier alpha value is -3.32. The van der Waals surface area contributed by atoms with Crippen molar-refractivity contribution in [2.75, 3.05) is 26.1 Å². The second kappa shape index (κ2) is 9.22. The number of rotatable bonds is 6. The Kier molecular flexibility index (Phi) is 6.23. The maximum absolute atomic E-state index is 13.2. The van der Waals surface area contributed by atoms with Gasteiger partial charge in [-0.25, -0.2) is 0 Å². The minimum Gasteiger partial charge on any atom is -0.493 e. The Morgan fingerprint density at radius 1 is 1.03 bits per heavy atom. The Morgan fingerprint density at radius 3 is 2.48 bits per heavy atom. The van der Waals surface area contributed by atoms with Crippen LogP contribution in [0.25, 0.3) is 0 Å². The number of likely N-dealkylation sites (tertiary alicyclic amines) is 1. The molecule has 1 fully saturated rings. The minimum atomic E-state index is -0.151. The van der Waals surface area contributed by atoms with Crippen molar-refractivity contribution in [3.8, 4) is 11.5 Å². The van der Waals surface area contributed by atoms with Gasteiger partial charge in [0.15, 0.2) is 11.5 Å². The molecule has 0 spiro atoms. The molecule has 3 aromatic rings. The topological polar surface area (TPSA) is 67.9 Å². The van der Waals surface area contributed by atoms with E-state index in [-0.39, 0.29) is 17.9 Å². The van der Waals surface area contributed by atoms with Gasteiger partial charge in [0.1, 0.15) is 0 Å². The molecule has 0 bridgehead atoms. The third-order valence-electron chi connectivity index (χ3n) is 5.44. The van der Waals surface area contributed by atoms with Crippen LogP contribution in [0, 0.1) is 0 Å². The summed E-state index contributed by atoms with van der Waals surface area (Å²) in [6.45, 7) is 0.703. The van der Waals surface area contributed by atoms with Crippen molar-refractivity contribution in [1.82, 2.24) is 4.90 Å². The van der Waals surface area contributed by atoms with E-state index in [1.54, 1.807) is 44.6 Å². The highest BCUT2D eigenvalue weighted by Gasteiger charge is 2.31. The summed E-state index contributed by atoms with van der Waals surface area (Å²) in [4.78, 5) is 28.0. The first kappa shape index (κ1) is 20.9. The monoisotopic (exact) mass is 436 g/mol. The van der Waals surface area contributed by atoms with Crippen LogP contribution in [-0.4, -0.2) is 37.5 Å². The van der Waals surface area contributed by atoms with Crippen LogP contribution in [0.1, 0.15) is 44.5 Å². The van der Waals surface area contributed by atoms with E-state index in [0.29, 0.717) is 34.2 Å². The summed E-state index contributed by atoms with van der Waals surface area (Å²) in [7, 11) is 3.22. The number of ether oxygens (including phenoxy) is 2. The molecule has 2 amide bonds. The van der Waals surface area contributed by atoms with Gasteiger partial charge in [0.2, 0.25) is 0 Å². The lowest BCUT2D eigenvalue weighted by atomic mass is 10.0. The van der Waals surface area contributed by atoms with Crippen molar-refractivity contribution in [2.45, 2.75) is 18.9 Å². The average molecular weight is 437 g/mol. The number of methoxy groups -OCH3 is 2. The Balaban J connectivity index is 1.49. The fraction of sp³-hybridized carbons (Fsp3) is 0.250. The van der Waals surface area contributed by atoms with E-state index >= 15 is 0 Å². The molecule has 6 nitrogen and oxygen atoms in total. The van der Waals surface area contributed by atoms with Crippen LogP contribution < -0.4 is 14.8 Å². The molecule has 160 valence electrons. The van der Waals surface area contributed by atoms with Gasteiger partial charge in [-0.05, 0) is 66.2 Å².